The summed E-state index contributed by atoms with van der Waals surface area (Å²) in [7, 11) is -3.47. The van der Waals surface area contributed by atoms with E-state index < -0.39 is 10.0 Å². The van der Waals surface area contributed by atoms with Crippen LogP contribution in [0.5, 0.6) is 0 Å². The Bertz CT molecular complexity index is 681. The van der Waals surface area contributed by atoms with Crippen LogP contribution in [0.25, 0.3) is 0 Å². The van der Waals surface area contributed by atoms with E-state index in [1.807, 2.05) is 19.9 Å². The average molecular weight is 325 g/mol. The zero-order valence-electron chi connectivity index (χ0n) is 12.1. The fourth-order valence-corrected chi connectivity index (χ4v) is 4.41. The third-order valence-electron chi connectivity index (χ3n) is 2.99. The molecule has 2 N–H and O–H groups in total. The molecule has 0 aliphatic carbocycles. The van der Waals surface area contributed by atoms with Gasteiger partial charge in [0, 0.05) is 30.4 Å². The number of sulfonamides is 1. The maximum Gasteiger partial charge on any atom is 0.250 e. The van der Waals surface area contributed by atoms with Crippen LogP contribution in [0.3, 0.4) is 0 Å². The van der Waals surface area contributed by atoms with Crippen molar-refractivity contribution in [3.05, 3.63) is 46.6 Å². The summed E-state index contributed by atoms with van der Waals surface area (Å²) in [5, 5.41) is 3.21. The van der Waals surface area contributed by atoms with E-state index in [1.165, 1.54) is 11.3 Å². The van der Waals surface area contributed by atoms with Crippen LogP contribution in [0.2, 0.25) is 0 Å². The molecule has 0 bridgehead atoms. The molecule has 0 amide bonds. The Labute approximate surface area is 129 Å². The van der Waals surface area contributed by atoms with Gasteiger partial charge in [0.25, 0.3) is 0 Å². The quantitative estimate of drug-likeness (QED) is 0.817. The van der Waals surface area contributed by atoms with Crippen molar-refractivity contribution in [3.63, 3.8) is 0 Å². The van der Waals surface area contributed by atoms with Gasteiger partial charge in [-0.05, 0) is 36.7 Å². The van der Waals surface area contributed by atoms with E-state index in [4.69, 9.17) is 0 Å². The minimum absolute atomic E-state index is 0.246. The highest BCUT2D eigenvalue weighted by molar-refractivity contribution is 7.91. The number of aryl methyl sites for hydroxylation is 1. The van der Waals surface area contributed by atoms with Crippen molar-refractivity contribution < 1.29 is 8.42 Å². The highest BCUT2D eigenvalue weighted by Gasteiger charge is 2.18. The number of rotatable bonds is 7. The average Bonchev–Trinajstić information content (AvgIpc) is 2.86. The molecule has 0 aliphatic rings. The van der Waals surface area contributed by atoms with E-state index in [2.05, 4.69) is 15.0 Å². The summed E-state index contributed by atoms with van der Waals surface area (Å²) >= 11 is 1.31. The molecule has 0 spiro atoms. The Morgan fingerprint density at radius 1 is 1.33 bits per heavy atom. The molecule has 5 nitrogen and oxygen atoms in total. The van der Waals surface area contributed by atoms with Gasteiger partial charge in [-0.15, -0.1) is 11.3 Å². The van der Waals surface area contributed by atoms with Crippen LogP contribution in [0, 0.1) is 6.92 Å². The summed E-state index contributed by atoms with van der Waals surface area (Å²) in [6.07, 6.45) is 3.31. The molecule has 0 radical (unpaired) electrons. The van der Waals surface area contributed by atoms with Gasteiger partial charge in [0.1, 0.15) is 4.21 Å². The second-order valence-electron chi connectivity index (χ2n) is 4.64. The first-order valence-corrected chi connectivity index (χ1v) is 9.01. The monoisotopic (exact) mass is 325 g/mol. The van der Waals surface area contributed by atoms with Crippen LogP contribution in [0.1, 0.15) is 22.9 Å². The van der Waals surface area contributed by atoms with Crippen LogP contribution >= 0.6 is 11.3 Å². The number of aromatic nitrogens is 1. The van der Waals surface area contributed by atoms with E-state index >= 15 is 0 Å². The van der Waals surface area contributed by atoms with Crippen molar-refractivity contribution in [2.24, 2.45) is 0 Å². The lowest BCUT2D eigenvalue weighted by Crippen LogP contribution is -2.22. The van der Waals surface area contributed by atoms with Gasteiger partial charge >= 0.3 is 0 Å². The molecule has 2 heterocycles. The maximum atomic E-state index is 12.3. The first-order valence-electron chi connectivity index (χ1n) is 6.71. The van der Waals surface area contributed by atoms with Gasteiger partial charge < -0.3 is 5.32 Å². The molecular weight excluding hydrogens is 306 g/mol. The molecule has 114 valence electrons. The number of hydrogen-bond donors (Lipinski definition) is 2. The fourth-order valence-electron chi connectivity index (χ4n) is 1.79. The molecule has 0 saturated heterocycles. The van der Waals surface area contributed by atoms with Crippen molar-refractivity contribution in [3.8, 4) is 0 Å². The second-order valence-corrected chi connectivity index (χ2v) is 7.77. The molecule has 0 aromatic carbocycles. The summed E-state index contributed by atoms with van der Waals surface area (Å²) in [6, 6.07) is 5.35. The predicted octanol–water partition coefficient (Wildman–Crippen LogP) is 2.04. The molecule has 0 unspecified atom stereocenters. The van der Waals surface area contributed by atoms with E-state index in [1.54, 1.807) is 24.5 Å². The topological polar surface area (TPSA) is 71.1 Å². The zero-order valence-corrected chi connectivity index (χ0v) is 13.7. The number of nitrogens with one attached hydrogen (secondary N) is 2. The van der Waals surface area contributed by atoms with Gasteiger partial charge in [0.05, 0.1) is 0 Å². The van der Waals surface area contributed by atoms with Crippen LogP contribution in [-0.4, -0.2) is 19.9 Å². The number of hydrogen-bond acceptors (Lipinski definition) is 5. The van der Waals surface area contributed by atoms with Crippen molar-refractivity contribution >= 4 is 21.4 Å². The molecule has 2 rings (SSSR count). The van der Waals surface area contributed by atoms with E-state index in [9.17, 15) is 8.42 Å². The van der Waals surface area contributed by atoms with Crippen molar-refractivity contribution in [1.82, 2.24) is 15.0 Å². The molecule has 2 aromatic heterocycles. The number of nitrogens with zero attached hydrogens (tertiary/aromatic N) is 1. The number of pyridine rings is 1. The Hall–Kier alpha value is -1.28. The van der Waals surface area contributed by atoms with Crippen LogP contribution < -0.4 is 10.0 Å². The van der Waals surface area contributed by atoms with Gasteiger partial charge in [-0.1, -0.05) is 13.0 Å². The molecule has 0 atom stereocenters. The SMILES string of the molecule is CCNCc1sc(S(=O)(=O)NCc2cccnc2)cc1C. The third-order valence-corrected chi connectivity index (χ3v) is 6.10. The molecule has 0 saturated carbocycles. The van der Waals surface area contributed by atoms with Gasteiger partial charge in [-0.3, -0.25) is 4.98 Å². The van der Waals surface area contributed by atoms with E-state index in [-0.39, 0.29) is 6.54 Å². The lowest BCUT2D eigenvalue weighted by atomic mass is 10.3. The van der Waals surface area contributed by atoms with Crippen molar-refractivity contribution in [1.29, 1.82) is 0 Å². The lowest BCUT2D eigenvalue weighted by molar-refractivity contribution is 0.583. The predicted molar refractivity (Wildman–Crippen MR) is 84.7 cm³/mol. The maximum absolute atomic E-state index is 12.3. The van der Waals surface area contributed by atoms with Crippen LogP contribution in [-0.2, 0) is 23.1 Å². The Morgan fingerprint density at radius 3 is 2.81 bits per heavy atom. The van der Waals surface area contributed by atoms with Crippen molar-refractivity contribution in [2.45, 2.75) is 31.1 Å². The summed E-state index contributed by atoms with van der Waals surface area (Å²) in [4.78, 5) is 5.02. The van der Waals surface area contributed by atoms with Gasteiger partial charge in [-0.2, -0.15) is 0 Å². The summed E-state index contributed by atoms with van der Waals surface area (Å²) in [5.74, 6) is 0. The van der Waals surface area contributed by atoms with E-state index in [0.717, 1.165) is 22.5 Å². The normalized spacial score (nSPS) is 11.7. The van der Waals surface area contributed by atoms with Crippen LogP contribution in [0.4, 0.5) is 0 Å². The van der Waals surface area contributed by atoms with Gasteiger partial charge in [-0.25, -0.2) is 13.1 Å². The Morgan fingerprint density at radius 2 is 2.14 bits per heavy atom. The van der Waals surface area contributed by atoms with Gasteiger partial charge in [0.2, 0.25) is 10.0 Å². The van der Waals surface area contributed by atoms with Crippen molar-refractivity contribution in [2.75, 3.05) is 6.54 Å². The third kappa shape index (κ3) is 4.34. The largest absolute Gasteiger partial charge is 0.312 e. The number of thiophene rings is 1. The molecule has 0 aliphatic heterocycles. The van der Waals surface area contributed by atoms with E-state index in [0.29, 0.717) is 10.8 Å². The standard InChI is InChI=1S/C14H19N3O2S2/c1-3-15-10-13-11(2)7-14(20-13)21(18,19)17-9-12-5-4-6-16-8-12/h4-8,15,17H,3,9-10H2,1-2H3. The second kappa shape index (κ2) is 7.13. The summed E-state index contributed by atoms with van der Waals surface area (Å²) in [6.45, 7) is 5.76. The Kier molecular flexibility index (Phi) is 5.46. The zero-order chi connectivity index (χ0) is 15.3. The Balaban J connectivity index is 2.09. The van der Waals surface area contributed by atoms with Gasteiger partial charge in [0.15, 0.2) is 0 Å². The minimum Gasteiger partial charge on any atom is -0.312 e. The first kappa shape index (κ1) is 16.1. The summed E-state index contributed by atoms with van der Waals surface area (Å²) in [5.41, 5.74) is 1.84. The molecule has 21 heavy (non-hydrogen) atoms. The summed E-state index contributed by atoms with van der Waals surface area (Å²) < 4.78 is 27.6. The smallest absolute Gasteiger partial charge is 0.250 e. The molecule has 2 aromatic rings. The lowest BCUT2D eigenvalue weighted by Gasteiger charge is -2.04. The molecule has 7 heteroatoms. The van der Waals surface area contributed by atoms with Crippen LogP contribution in [0.15, 0.2) is 34.8 Å². The fraction of sp³-hybridized carbons (Fsp3) is 0.357. The molecule has 0 fully saturated rings. The first-order chi connectivity index (χ1) is 10.0. The molecular formula is C14H19N3O2S2. The highest BCUT2D eigenvalue weighted by Crippen LogP contribution is 2.25. The minimum atomic E-state index is -3.47. The highest BCUT2D eigenvalue weighted by atomic mass is 32.2.